The summed E-state index contributed by atoms with van der Waals surface area (Å²) in [4.78, 5) is 4.50. The lowest BCUT2D eigenvalue weighted by atomic mass is 10.1. The van der Waals surface area contributed by atoms with Gasteiger partial charge in [-0.2, -0.15) is 0 Å². The van der Waals surface area contributed by atoms with Gasteiger partial charge in [-0.25, -0.2) is 4.68 Å². The Labute approximate surface area is 119 Å². The predicted molar refractivity (Wildman–Crippen MR) is 77.2 cm³/mol. The molecule has 3 rings (SSSR count). The van der Waals surface area contributed by atoms with Gasteiger partial charge in [0.25, 0.3) is 0 Å². The van der Waals surface area contributed by atoms with E-state index in [4.69, 9.17) is 0 Å². The van der Waals surface area contributed by atoms with Crippen LogP contribution in [0.5, 0.6) is 0 Å². The molecule has 106 valence electrons. The van der Waals surface area contributed by atoms with Crippen molar-refractivity contribution in [3.63, 3.8) is 0 Å². The topological polar surface area (TPSA) is 55.6 Å². The first-order valence-corrected chi connectivity index (χ1v) is 7.40. The molecule has 2 heterocycles. The quantitative estimate of drug-likeness (QED) is 0.860. The maximum Gasteiger partial charge on any atom is 0.0738 e. The molecule has 2 aromatic heterocycles. The number of nitrogens with one attached hydrogen (secondary N) is 1. The normalized spacial score (nSPS) is 18.6. The summed E-state index contributed by atoms with van der Waals surface area (Å²) >= 11 is 0. The average Bonchev–Trinajstić information content (AvgIpc) is 2.85. The number of hydrogen-bond donors (Lipinski definition) is 1. The van der Waals surface area contributed by atoms with E-state index < -0.39 is 0 Å². The molecule has 1 aliphatic rings. The summed E-state index contributed by atoms with van der Waals surface area (Å²) in [6, 6.07) is 4.79. The lowest BCUT2D eigenvalue weighted by molar-refractivity contribution is 0.448. The molecule has 1 unspecified atom stereocenters. The molecule has 0 spiro atoms. The van der Waals surface area contributed by atoms with Gasteiger partial charge in [0.1, 0.15) is 0 Å². The maximum atomic E-state index is 4.50. The van der Waals surface area contributed by atoms with Gasteiger partial charge in [0, 0.05) is 31.0 Å². The minimum Gasteiger partial charge on any atom is -0.308 e. The van der Waals surface area contributed by atoms with E-state index in [-0.39, 0.29) is 0 Å². The summed E-state index contributed by atoms with van der Waals surface area (Å²) in [5, 5.41) is 11.7. The van der Waals surface area contributed by atoms with Crippen LogP contribution in [0.25, 0.3) is 0 Å². The molecule has 0 aliphatic heterocycles. The number of aryl methyl sites for hydroxylation is 3. The van der Waals surface area contributed by atoms with Crippen LogP contribution in [-0.4, -0.2) is 26.0 Å². The molecule has 0 saturated carbocycles. The highest BCUT2D eigenvalue weighted by molar-refractivity contribution is 5.21. The fourth-order valence-corrected chi connectivity index (χ4v) is 2.84. The van der Waals surface area contributed by atoms with Crippen molar-refractivity contribution in [3.05, 3.63) is 41.5 Å². The Morgan fingerprint density at radius 1 is 1.35 bits per heavy atom. The van der Waals surface area contributed by atoms with Crippen LogP contribution in [0.4, 0.5) is 0 Å². The van der Waals surface area contributed by atoms with Gasteiger partial charge < -0.3 is 5.32 Å². The molecule has 0 aromatic carbocycles. The van der Waals surface area contributed by atoms with Crippen molar-refractivity contribution in [3.8, 4) is 0 Å². The van der Waals surface area contributed by atoms with Gasteiger partial charge in [0.05, 0.1) is 11.9 Å². The Balaban J connectivity index is 1.58. The van der Waals surface area contributed by atoms with Crippen LogP contribution < -0.4 is 5.32 Å². The van der Waals surface area contributed by atoms with Crippen LogP contribution in [0.15, 0.2) is 24.5 Å². The van der Waals surface area contributed by atoms with Crippen LogP contribution in [-0.2, 0) is 25.9 Å². The third-order valence-electron chi connectivity index (χ3n) is 4.05. The van der Waals surface area contributed by atoms with Crippen molar-refractivity contribution < 1.29 is 0 Å². The highest BCUT2D eigenvalue weighted by atomic mass is 15.4. The lowest BCUT2D eigenvalue weighted by Crippen LogP contribution is -2.29. The number of hydrogen-bond acceptors (Lipinski definition) is 4. The van der Waals surface area contributed by atoms with Gasteiger partial charge in [-0.3, -0.25) is 4.98 Å². The first-order valence-electron chi connectivity index (χ1n) is 7.40. The van der Waals surface area contributed by atoms with Crippen molar-refractivity contribution in [1.29, 1.82) is 0 Å². The van der Waals surface area contributed by atoms with E-state index in [9.17, 15) is 0 Å². The van der Waals surface area contributed by atoms with Gasteiger partial charge >= 0.3 is 0 Å². The summed E-state index contributed by atoms with van der Waals surface area (Å²) < 4.78 is 1.94. The Bertz CT molecular complexity index is 536. The van der Waals surface area contributed by atoms with Gasteiger partial charge in [-0.1, -0.05) is 11.3 Å². The Kier molecular flexibility index (Phi) is 4.06. The number of pyridine rings is 1. The summed E-state index contributed by atoms with van der Waals surface area (Å²) in [7, 11) is 0. The molecule has 0 amide bonds. The molecular weight excluding hydrogens is 250 g/mol. The largest absolute Gasteiger partial charge is 0.308 e. The zero-order chi connectivity index (χ0) is 13.8. The van der Waals surface area contributed by atoms with E-state index in [2.05, 4.69) is 33.6 Å². The third kappa shape index (κ3) is 2.88. The maximum absolute atomic E-state index is 4.50. The molecular formula is C15H21N5. The van der Waals surface area contributed by atoms with Gasteiger partial charge in [0.15, 0.2) is 0 Å². The zero-order valence-electron chi connectivity index (χ0n) is 11.9. The van der Waals surface area contributed by atoms with Gasteiger partial charge in [-0.15, -0.1) is 5.10 Å². The SMILES string of the molecule is CCn1nncc1CNC1CCc2cccnc2CC1. The van der Waals surface area contributed by atoms with Crippen molar-refractivity contribution in [2.45, 2.75) is 51.7 Å². The van der Waals surface area contributed by atoms with Crippen LogP contribution in [0.1, 0.15) is 36.7 Å². The number of rotatable bonds is 4. The zero-order valence-corrected chi connectivity index (χ0v) is 11.9. The summed E-state index contributed by atoms with van der Waals surface area (Å²) in [5.41, 5.74) is 3.85. The van der Waals surface area contributed by atoms with E-state index in [0.29, 0.717) is 6.04 Å². The second-order valence-corrected chi connectivity index (χ2v) is 5.31. The summed E-state index contributed by atoms with van der Waals surface area (Å²) in [6.45, 7) is 3.80. The minimum absolute atomic E-state index is 0.546. The fraction of sp³-hybridized carbons (Fsp3) is 0.533. The Morgan fingerprint density at radius 2 is 2.25 bits per heavy atom. The smallest absolute Gasteiger partial charge is 0.0738 e. The second kappa shape index (κ2) is 6.13. The van der Waals surface area contributed by atoms with Crippen molar-refractivity contribution in [1.82, 2.24) is 25.3 Å². The van der Waals surface area contributed by atoms with Crippen molar-refractivity contribution in [2.24, 2.45) is 0 Å². The first kappa shape index (κ1) is 13.2. The summed E-state index contributed by atoms with van der Waals surface area (Å²) in [5.74, 6) is 0. The van der Waals surface area contributed by atoms with E-state index in [1.807, 2.05) is 23.1 Å². The van der Waals surface area contributed by atoms with E-state index in [1.54, 1.807) is 0 Å². The van der Waals surface area contributed by atoms with Gasteiger partial charge in [-0.05, 0) is 44.2 Å². The summed E-state index contributed by atoms with van der Waals surface area (Å²) in [6.07, 6.45) is 8.26. The molecule has 0 fully saturated rings. The van der Waals surface area contributed by atoms with E-state index in [0.717, 1.165) is 38.0 Å². The molecule has 1 N–H and O–H groups in total. The molecule has 0 radical (unpaired) electrons. The van der Waals surface area contributed by atoms with Crippen LogP contribution in [0, 0.1) is 0 Å². The number of aromatic nitrogens is 4. The third-order valence-corrected chi connectivity index (χ3v) is 4.05. The number of fused-ring (bicyclic) bond motifs is 1. The minimum atomic E-state index is 0.546. The second-order valence-electron chi connectivity index (χ2n) is 5.31. The van der Waals surface area contributed by atoms with Crippen molar-refractivity contribution in [2.75, 3.05) is 0 Å². The molecule has 0 bridgehead atoms. The highest BCUT2D eigenvalue weighted by Gasteiger charge is 2.16. The molecule has 2 aromatic rings. The Hall–Kier alpha value is -1.75. The van der Waals surface area contributed by atoms with Crippen LogP contribution in [0.2, 0.25) is 0 Å². The Morgan fingerprint density at radius 3 is 3.15 bits per heavy atom. The number of nitrogens with zero attached hydrogens (tertiary/aromatic N) is 4. The van der Waals surface area contributed by atoms with Crippen molar-refractivity contribution >= 4 is 0 Å². The molecule has 20 heavy (non-hydrogen) atoms. The molecule has 1 aliphatic carbocycles. The van der Waals surface area contributed by atoms with E-state index >= 15 is 0 Å². The lowest BCUT2D eigenvalue weighted by Gasteiger charge is -2.16. The monoisotopic (exact) mass is 271 g/mol. The van der Waals surface area contributed by atoms with Gasteiger partial charge in [0.2, 0.25) is 0 Å². The molecule has 5 heteroatoms. The predicted octanol–water partition coefficient (Wildman–Crippen LogP) is 1.73. The van der Waals surface area contributed by atoms with Crippen LogP contribution in [0.3, 0.4) is 0 Å². The van der Waals surface area contributed by atoms with Crippen LogP contribution >= 0.6 is 0 Å². The molecule has 0 saturated heterocycles. The highest BCUT2D eigenvalue weighted by Crippen LogP contribution is 2.19. The molecule has 1 atom stereocenters. The van der Waals surface area contributed by atoms with E-state index in [1.165, 1.54) is 17.7 Å². The average molecular weight is 271 g/mol. The fourth-order valence-electron chi connectivity index (χ4n) is 2.84. The standard InChI is InChI=1S/C15H21N5/c1-2-20-14(11-18-19-20)10-17-13-6-5-12-4-3-9-16-15(12)8-7-13/h3-4,9,11,13,17H,2,5-8,10H2,1H3. The first-order chi connectivity index (χ1) is 9.86. The molecule has 5 nitrogen and oxygen atoms in total.